The number of rotatable bonds is 4. The standard InChI is InChI=1S/C17H20F2N4O/c1-11-20-17(22-21-11)15-4-2-3-9-23(15)16(24)8-6-12-5-7-13(18)10-14(12)19/h5,7,10,15H,2-4,6,8-9H2,1H3,(H,20,21,22). The van der Waals surface area contributed by atoms with E-state index >= 15 is 0 Å². The lowest BCUT2D eigenvalue weighted by Crippen LogP contribution is -2.39. The van der Waals surface area contributed by atoms with E-state index in [4.69, 9.17) is 0 Å². The van der Waals surface area contributed by atoms with Crippen LogP contribution in [0.15, 0.2) is 18.2 Å². The van der Waals surface area contributed by atoms with Gasteiger partial charge in [-0.2, -0.15) is 5.10 Å². The summed E-state index contributed by atoms with van der Waals surface area (Å²) < 4.78 is 26.6. The molecule has 24 heavy (non-hydrogen) atoms. The number of likely N-dealkylation sites (tertiary alicyclic amines) is 1. The predicted octanol–water partition coefficient (Wildman–Crippen LogP) is 3.08. The summed E-state index contributed by atoms with van der Waals surface area (Å²) >= 11 is 0. The summed E-state index contributed by atoms with van der Waals surface area (Å²) in [6.45, 7) is 2.48. The van der Waals surface area contributed by atoms with Gasteiger partial charge in [0.15, 0.2) is 5.82 Å². The Morgan fingerprint density at radius 2 is 2.21 bits per heavy atom. The summed E-state index contributed by atoms with van der Waals surface area (Å²) in [5, 5.41) is 6.99. The number of hydrogen-bond acceptors (Lipinski definition) is 3. The van der Waals surface area contributed by atoms with E-state index in [9.17, 15) is 13.6 Å². The molecule has 0 bridgehead atoms. The zero-order chi connectivity index (χ0) is 17.1. The van der Waals surface area contributed by atoms with E-state index in [0.717, 1.165) is 31.2 Å². The van der Waals surface area contributed by atoms with Crippen LogP contribution >= 0.6 is 0 Å². The maximum atomic E-state index is 13.7. The number of benzene rings is 1. The van der Waals surface area contributed by atoms with Crippen LogP contribution < -0.4 is 0 Å². The van der Waals surface area contributed by atoms with Crippen LogP contribution in [0.2, 0.25) is 0 Å². The Balaban J connectivity index is 1.68. The van der Waals surface area contributed by atoms with Gasteiger partial charge in [0.1, 0.15) is 17.5 Å². The average molecular weight is 334 g/mol. The largest absolute Gasteiger partial charge is 0.332 e. The molecule has 3 rings (SSSR count). The van der Waals surface area contributed by atoms with Crippen molar-refractivity contribution in [3.63, 3.8) is 0 Å². The number of aromatic nitrogens is 3. The van der Waals surface area contributed by atoms with Crippen molar-refractivity contribution in [2.24, 2.45) is 0 Å². The molecule has 0 aliphatic carbocycles. The normalized spacial score (nSPS) is 18.0. The fourth-order valence-electron chi connectivity index (χ4n) is 3.12. The van der Waals surface area contributed by atoms with Gasteiger partial charge in [-0.1, -0.05) is 6.07 Å². The molecule has 1 N–H and O–H groups in total. The molecular formula is C17H20F2N4O. The lowest BCUT2D eigenvalue weighted by Gasteiger charge is -2.34. The molecule has 5 nitrogen and oxygen atoms in total. The Bertz CT molecular complexity index is 731. The first kappa shape index (κ1) is 16.5. The molecule has 2 aromatic rings. The number of nitrogens with zero attached hydrogens (tertiary/aromatic N) is 3. The molecule has 1 aromatic carbocycles. The lowest BCUT2D eigenvalue weighted by atomic mass is 10.00. The molecular weight excluding hydrogens is 314 g/mol. The number of hydrogen-bond donors (Lipinski definition) is 1. The van der Waals surface area contributed by atoms with E-state index in [-0.39, 0.29) is 24.8 Å². The van der Waals surface area contributed by atoms with Crippen molar-refractivity contribution in [1.29, 1.82) is 0 Å². The van der Waals surface area contributed by atoms with Gasteiger partial charge >= 0.3 is 0 Å². The second-order valence-corrected chi connectivity index (χ2v) is 6.11. The van der Waals surface area contributed by atoms with Crippen molar-refractivity contribution in [2.75, 3.05) is 6.54 Å². The Labute approximate surface area is 139 Å². The highest BCUT2D eigenvalue weighted by Gasteiger charge is 2.30. The average Bonchev–Trinajstić information content (AvgIpc) is 3.00. The van der Waals surface area contributed by atoms with Crippen LogP contribution in [-0.4, -0.2) is 32.5 Å². The minimum absolute atomic E-state index is 0.0501. The highest BCUT2D eigenvalue weighted by Crippen LogP contribution is 2.29. The highest BCUT2D eigenvalue weighted by atomic mass is 19.1. The number of nitrogens with one attached hydrogen (secondary N) is 1. The number of aromatic amines is 1. The molecule has 7 heteroatoms. The van der Waals surface area contributed by atoms with Gasteiger partial charge in [-0.3, -0.25) is 9.89 Å². The fraction of sp³-hybridized carbons (Fsp3) is 0.471. The zero-order valence-corrected chi connectivity index (χ0v) is 13.6. The van der Waals surface area contributed by atoms with Crippen LogP contribution in [0.1, 0.15) is 48.9 Å². The SMILES string of the molecule is Cc1nc(C2CCCCN2C(=O)CCc2ccc(F)cc2F)n[nH]1. The summed E-state index contributed by atoms with van der Waals surface area (Å²) in [6, 6.07) is 3.32. The topological polar surface area (TPSA) is 61.9 Å². The summed E-state index contributed by atoms with van der Waals surface area (Å²) in [7, 11) is 0. The monoisotopic (exact) mass is 334 g/mol. The summed E-state index contributed by atoms with van der Waals surface area (Å²) in [5.41, 5.74) is 0.354. The summed E-state index contributed by atoms with van der Waals surface area (Å²) in [5.74, 6) is 0.0805. The van der Waals surface area contributed by atoms with Crippen molar-refractivity contribution in [1.82, 2.24) is 20.1 Å². The molecule has 1 aliphatic heterocycles. The Morgan fingerprint density at radius 3 is 2.92 bits per heavy atom. The van der Waals surface area contributed by atoms with Crippen molar-refractivity contribution < 1.29 is 13.6 Å². The third kappa shape index (κ3) is 3.60. The van der Waals surface area contributed by atoms with Gasteiger partial charge in [-0.15, -0.1) is 0 Å². The van der Waals surface area contributed by atoms with E-state index in [2.05, 4.69) is 15.2 Å². The number of halogens is 2. The van der Waals surface area contributed by atoms with Crippen LogP contribution in [0.4, 0.5) is 8.78 Å². The third-order valence-corrected chi connectivity index (χ3v) is 4.36. The van der Waals surface area contributed by atoms with E-state index < -0.39 is 11.6 Å². The Kier molecular flexibility index (Phi) is 4.87. The molecule has 0 radical (unpaired) electrons. The first-order valence-electron chi connectivity index (χ1n) is 8.17. The van der Waals surface area contributed by atoms with Crippen molar-refractivity contribution in [2.45, 2.75) is 45.1 Å². The highest BCUT2D eigenvalue weighted by molar-refractivity contribution is 5.77. The fourth-order valence-corrected chi connectivity index (χ4v) is 3.12. The van der Waals surface area contributed by atoms with Crippen LogP contribution in [-0.2, 0) is 11.2 Å². The second kappa shape index (κ2) is 7.07. The predicted molar refractivity (Wildman–Crippen MR) is 84.1 cm³/mol. The van der Waals surface area contributed by atoms with E-state index in [1.807, 2.05) is 6.92 Å². The Hall–Kier alpha value is -2.31. The minimum Gasteiger partial charge on any atom is -0.332 e. The number of carbonyl (C=O) groups excluding carboxylic acids is 1. The van der Waals surface area contributed by atoms with E-state index in [0.29, 0.717) is 17.9 Å². The van der Waals surface area contributed by atoms with E-state index in [1.54, 1.807) is 4.90 Å². The number of H-pyrrole nitrogens is 1. The van der Waals surface area contributed by atoms with Gasteiger partial charge in [-0.25, -0.2) is 13.8 Å². The molecule has 0 spiro atoms. The van der Waals surface area contributed by atoms with E-state index in [1.165, 1.54) is 12.1 Å². The molecule has 1 aliphatic rings. The van der Waals surface area contributed by atoms with Crippen LogP contribution in [0.25, 0.3) is 0 Å². The van der Waals surface area contributed by atoms with Crippen LogP contribution in [0, 0.1) is 18.6 Å². The van der Waals surface area contributed by atoms with Gasteiger partial charge in [-0.05, 0) is 44.2 Å². The first-order chi connectivity index (χ1) is 11.5. The van der Waals surface area contributed by atoms with Crippen molar-refractivity contribution in [3.8, 4) is 0 Å². The molecule has 1 amide bonds. The summed E-state index contributed by atoms with van der Waals surface area (Å²) in [6.07, 6.45) is 3.22. The number of aryl methyl sites for hydroxylation is 2. The van der Waals surface area contributed by atoms with Crippen LogP contribution in [0.5, 0.6) is 0 Å². The molecule has 128 valence electrons. The number of amides is 1. The van der Waals surface area contributed by atoms with Crippen molar-refractivity contribution >= 4 is 5.91 Å². The van der Waals surface area contributed by atoms with Gasteiger partial charge in [0.05, 0.1) is 6.04 Å². The molecule has 1 atom stereocenters. The molecule has 1 aromatic heterocycles. The minimum atomic E-state index is -0.612. The third-order valence-electron chi connectivity index (χ3n) is 4.36. The molecule has 1 saturated heterocycles. The smallest absolute Gasteiger partial charge is 0.223 e. The zero-order valence-electron chi connectivity index (χ0n) is 13.6. The van der Waals surface area contributed by atoms with Gasteiger partial charge in [0, 0.05) is 19.0 Å². The van der Waals surface area contributed by atoms with Gasteiger partial charge in [0.2, 0.25) is 5.91 Å². The maximum Gasteiger partial charge on any atom is 0.223 e. The second-order valence-electron chi connectivity index (χ2n) is 6.11. The molecule has 1 unspecified atom stereocenters. The first-order valence-corrected chi connectivity index (χ1v) is 8.17. The quantitative estimate of drug-likeness (QED) is 0.935. The maximum absolute atomic E-state index is 13.7. The lowest BCUT2D eigenvalue weighted by molar-refractivity contribution is -0.135. The molecule has 0 saturated carbocycles. The Morgan fingerprint density at radius 1 is 1.38 bits per heavy atom. The number of carbonyl (C=O) groups is 1. The van der Waals surface area contributed by atoms with Crippen LogP contribution in [0.3, 0.4) is 0 Å². The van der Waals surface area contributed by atoms with Crippen molar-refractivity contribution in [3.05, 3.63) is 47.0 Å². The number of piperidine rings is 1. The van der Waals surface area contributed by atoms with Gasteiger partial charge < -0.3 is 4.90 Å². The molecule has 1 fully saturated rings. The summed E-state index contributed by atoms with van der Waals surface area (Å²) in [4.78, 5) is 18.7. The molecule has 2 heterocycles. The van der Waals surface area contributed by atoms with Gasteiger partial charge in [0.25, 0.3) is 0 Å².